The topological polar surface area (TPSA) is 65.6 Å². The number of rotatable bonds is 3. The van der Waals surface area contributed by atoms with Gasteiger partial charge in [0.05, 0.1) is 6.61 Å². The Balaban J connectivity index is 1.44. The minimum atomic E-state index is 0.380. The minimum Gasteiger partial charge on any atom is -0.380 e. The molecule has 1 N–H and O–H groups in total. The van der Waals surface area contributed by atoms with Gasteiger partial charge in [0.1, 0.15) is 11.7 Å². The first-order valence-corrected chi connectivity index (χ1v) is 8.30. The SMILES string of the molecule is N#Cc1c(NC2CCN(C3CCOC3)CC2)nc2ccccn12. The van der Waals surface area contributed by atoms with Gasteiger partial charge in [-0.3, -0.25) is 9.30 Å². The molecule has 1 unspecified atom stereocenters. The second kappa shape index (κ2) is 6.19. The number of likely N-dealkylation sites (tertiary alicyclic amines) is 1. The van der Waals surface area contributed by atoms with E-state index in [0.717, 1.165) is 51.2 Å². The summed E-state index contributed by atoms with van der Waals surface area (Å²) in [7, 11) is 0. The molecule has 6 nitrogen and oxygen atoms in total. The molecule has 2 aromatic heterocycles. The van der Waals surface area contributed by atoms with Crippen molar-refractivity contribution in [2.75, 3.05) is 31.6 Å². The Morgan fingerprint density at radius 3 is 2.87 bits per heavy atom. The summed E-state index contributed by atoms with van der Waals surface area (Å²) in [6, 6.07) is 9.03. The van der Waals surface area contributed by atoms with Gasteiger partial charge in [-0.1, -0.05) is 6.07 Å². The van der Waals surface area contributed by atoms with E-state index in [4.69, 9.17) is 4.74 Å². The van der Waals surface area contributed by atoms with Crippen LogP contribution in [0.3, 0.4) is 0 Å². The lowest BCUT2D eigenvalue weighted by Crippen LogP contribution is -2.45. The summed E-state index contributed by atoms with van der Waals surface area (Å²) in [6.45, 7) is 3.95. The van der Waals surface area contributed by atoms with E-state index in [2.05, 4.69) is 21.3 Å². The molecular formula is C17H21N5O. The molecule has 23 heavy (non-hydrogen) atoms. The predicted molar refractivity (Wildman–Crippen MR) is 87.3 cm³/mol. The van der Waals surface area contributed by atoms with E-state index in [1.165, 1.54) is 0 Å². The second-order valence-corrected chi connectivity index (χ2v) is 6.32. The molecule has 0 radical (unpaired) electrons. The summed E-state index contributed by atoms with van der Waals surface area (Å²) in [6.07, 6.45) is 5.20. The van der Waals surface area contributed by atoms with Crippen molar-refractivity contribution in [3.63, 3.8) is 0 Å². The zero-order chi connectivity index (χ0) is 15.6. The van der Waals surface area contributed by atoms with Crippen molar-refractivity contribution in [2.24, 2.45) is 0 Å². The number of aromatic nitrogens is 2. The van der Waals surface area contributed by atoms with Crippen LogP contribution in [-0.4, -0.2) is 52.7 Å². The van der Waals surface area contributed by atoms with Gasteiger partial charge < -0.3 is 10.1 Å². The first-order valence-electron chi connectivity index (χ1n) is 8.30. The fourth-order valence-electron chi connectivity index (χ4n) is 3.62. The van der Waals surface area contributed by atoms with E-state index in [9.17, 15) is 5.26 Å². The molecule has 0 aliphatic carbocycles. The first-order chi connectivity index (χ1) is 11.3. The molecule has 4 heterocycles. The summed E-state index contributed by atoms with van der Waals surface area (Å²) >= 11 is 0. The van der Waals surface area contributed by atoms with Crippen molar-refractivity contribution in [1.82, 2.24) is 14.3 Å². The summed E-state index contributed by atoms with van der Waals surface area (Å²) in [5.41, 5.74) is 1.40. The Kier molecular flexibility index (Phi) is 3.90. The highest BCUT2D eigenvalue weighted by Crippen LogP contribution is 2.23. The van der Waals surface area contributed by atoms with E-state index >= 15 is 0 Å². The van der Waals surface area contributed by atoms with E-state index in [1.54, 1.807) is 0 Å². The smallest absolute Gasteiger partial charge is 0.168 e. The van der Waals surface area contributed by atoms with Crippen LogP contribution in [0.4, 0.5) is 5.82 Å². The third kappa shape index (κ3) is 2.78. The maximum Gasteiger partial charge on any atom is 0.168 e. The lowest BCUT2D eigenvalue weighted by Gasteiger charge is -2.35. The van der Waals surface area contributed by atoms with Gasteiger partial charge in [-0.25, -0.2) is 4.98 Å². The number of piperidine rings is 1. The van der Waals surface area contributed by atoms with Crippen LogP contribution in [0.25, 0.3) is 5.65 Å². The number of hydrogen-bond acceptors (Lipinski definition) is 5. The maximum atomic E-state index is 9.45. The molecule has 2 aliphatic rings. The van der Waals surface area contributed by atoms with Crippen LogP contribution in [0.2, 0.25) is 0 Å². The lowest BCUT2D eigenvalue weighted by atomic mass is 10.0. The molecule has 2 fully saturated rings. The minimum absolute atomic E-state index is 0.380. The number of hydrogen-bond donors (Lipinski definition) is 1. The molecule has 0 bridgehead atoms. The number of pyridine rings is 1. The molecule has 0 aromatic carbocycles. The second-order valence-electron chi connectivity index (χ2n) is 6.32. The molecule has 6 heteroatoms. The fraction of sp³-hybridized carbons (Fsp3) is 0.529. The number of nitrogens with zero attached hydrogens (tertiary/aromatic N) is 4. The van der Waals surface area contributed by atoms with Gasteiger partial charge in [-0.05, 0) is 31.4 Å². The van der Waals surface area contributed by atoms with Gasteiger partial charge in [0.25, 0.3) is 0 Å². The van der Waals surface area contributed by atoms with E-state index < -0.39 is 0 Å². The largest absolute Gasteiger partial charge is 0.380 e. The lowest BCUT2D eigenvalue weighted by molar-refractivity contribution is 0.124. The summed E-state index contributed by atoms with van der Waals surface area (Å²) < 4.78 is 7.33. The van der Waals surface area contributed by atoms with Crippen LogP contribution in [0.1, 0.15) is 25.0 Å². The molecule has 2 aliphatic heterocycles. The van der Waals surface area contributed by atoms with Crippen molar-refractivity contribution in [3.05, 3.63) is 30.1 Å². The van der Waals surface area contributed by atoms with Gasteiger partial charge >= 0.3 is 0 Å². The van der Waals surface area contributed by atoms with Gasteiger partial charge in [0.2, 0.25) is 0 Å². The maximum absolute atomic E-state index is 9.45. The molecular weight excluding hydrogens is 290 g/mol. The van der Waals surface area contributed by atoms with Crippen LogP contribution in [0.5, 0.6) is 0 Å². The third-order valence-electron chi connectivity index (χ3n) is 4.93. The molecule has 2 saturated heterocycles. The average molecular weight is 311 g/mol. The Morgan fingerprint density at radius 1 is 1.26 bits per heavy atom. The number of imidazole rings is 1. The summed E-state index contributed by atoms with van der Waals surface area (Å²) in [4.78, 5) is 7.11. The van der Waals surface area contributed by atoms with Crippen molar-refractivity contribution in [2.45, 2.75) is 31.3 Å². The molecule has 4 rings (SSSR count). The Hall–Kier alpha value is -2.10. The van der Waals surface area contributed by atoms with Gasteiger partial charge in [-0.2, -0.15) is 5.26 Å². The fourth-order valence-corrected chi connectivity index (χ4v) is 3.62. The van der Waals surface area contributed by atoms with Gasteiger partial charge in [0, 0.05) is 38.0 Å². The number of fused-ring (bicyclic) bond motifs is 1. The molecule has 2 aromatic rings. The molecule has 0 amide bonds. The predicted octanol–water partition coefficient (Wildman–Crippen LogP) is 1.87. The van der Waals surface area contributed by atoms with Crippen LogP contribution < -0.4 is 5.32 Å². The molecule has 1 atom stereocenters. The van der Waals surface area contributed by atoms with Gasteiger partial charge in [0.15, 0.2) is 11.5 Å². The van der Waals surface area contributed by atoms with E-state index in [0.29, 0.717) is 23.6 Å². The standard InChI is InChI=1S/C17H21N5O/c18-11-15-17(20-16-3-1-2-7-22(15)16)19-13-4-8-21(9-5-13)14-6-10-23-12-14/h1-3,7,13-14,19H,4-6,8-10,12H2. The van der Waals surface area contributed by atoms with Crippen LogP contribution in [0, 0.1) is 11.3 Å². The Bertz CT molecular complexity index is 720. The summed E-state index contributed by atoms with van der Waals surface area (Å²) in [5.74, 6) is 0.710. The summed E-state index contributed by atoms with van der Waals surface area (Å²) in [5, 5.41) is 12.9. The molecule has 120 valence electrons. The van der Waals surface area contributed by atoms with Gasteiger partial charge in [-0.15, -0.1) is 0 Å². The number of ether oxygens (including phenoxy) is 1. The van der Waals surface area contributed by atoms with Crippen molar-refractivity contribution in [3.8, 4) is 6.07 Å². The quantitative estimate of drug-likeness (QED) is 0.937. The highest BCUT2D eigenvalue weighted by Gasteiger charge is 2.28. The average Bonchev–Trinajstić information content (AvgIpc) is 3.23. The zero-order valence-corrected chi connectivity index (χ0v) is 13.1. The van der Waals surface area contributed by atoms with Crippen molar-refractivity contribution in [1.29, 1.82) is 5.26 Å². The number of nitrogens with one attached hydrogen (secondary N) is 1. The van der Waals surface area contributed by atoms with Crippen LogP contribution in [0.15, 0.2) is 24.4 Å². The normalized spacial score (nSPS) is 23.2. The van der Waals surface area contributed by atoms with Crippen LogP contribution in [-0.2, 0) is 4.74 Å². The number of nitriles is 1. The Labute approximate surface area is 135 Å². The highest BCUT2D eigenvalue weighted by atomic mass is 16.5. The highest BCUT2D eigenvalue weighted by molar-refractivity contribution is 5.59. The number of anilines is 1. The monoisotopic (exact) mass is 311 g/mol. The van der Waals surface area contributed by atoms with Crippen LogP contribution >= 0.6 is 0 Å². The van der Waals surface area contributed by atoms with E-state index in [1.807, 2.05) is 28.8 Å². The third-order valence-corrected chi connectivity index (χ3v) is 4.93. The molecule has 0 spiro atoms. The van der Waals surface area contributed by atoms with E-state index in [-0.39, 0.29) is 0 Å². The first kappa shape index (κ1) is 14.5. The zero-order valence-electron chi connectivity index (χ0n) is 13.1. The Morgan fingerprint density at radius 2 is 2.13 bits per heavy atom. The molecule has 0 saturated carbocycles. The van der Waals surface area contributed by atoms with Crippen molar-refractivity contribution < 1.29 is 4.74 Å². The van der Waals surface area contributed by atoms with Crippen molar-refractivity contribution >= 4 is 11.5 Å².